The lowest BCUT2D eigenvalue weighted by atomic mass is 9.98. The third-order valence-corrected chi connectivity index (χ3v) is 13.4. The number of benzene rings is 9. The predicted octanol–water partition coefficient (Wildman–Crippen LogP) is 14.5. The van der Waals surface area contributed by atoms with Crippen molar-refractivity contribution in [3.63, 3.8) is 0 Å². The summed E-state index contributed by atoms with van der Waals surface area (Å²) in [5.74, 6) is 0. The monoisotopic (exact) mass is 746 g/mol. The molecule has 0 aliphatic rings. The minimum atomic E-state index is 1.01. The predicted molar refractivity (Wildman–Crippen MR) is 248 cm³/mol. The van der Waals surface area contributed by atoms with Crippen LogP contribution in [0.5, 0.6) is 0 Å². The first-order valence-corrected chi connectivity index (χ1v) is 20.4. The van der Waals surface area contributed by atoms with E-state index in [2.05, 4.69) is 195 Å². The number of hydrogen-bond acceptors (Lipinski definition) is 1. The third kappa shape index (κ3) is 3.60. The largest absolute Gasteiger partial charge is 0.309 e. The molecule has 0 saturated heterocycles. The highest BCUT2D eigenvalue weighted by molar-refractivity contribution is 6.35. The zero-order valence-corrected chi connectivity index (χ0v) is 31.6. The van der Waals surface area contributed by atoms with E-state index in [-0.39, 0.29) is 0 Å². The SMILES string of the molecule is c1ccc(-n2c3ccccc3c3cc(-c4cccc5c6cc7ccccc7c7c8nc9c(cc8n(c45)c67)c4cc5ccccc5c5c6ccccc6n9c45)ccc32)cc1. The van der Waals surface area contributed by atoms with Crippen LogP contribution in [0.4, 0.5) is 0 Å². The van der Waals surface area contributed by atoms with Gasteiger partial charge >= 0.3 is 0 Å². The molecule has 0 radical (unpaired) electrons. The fourth-order valence-corrected chi connectivity index (χ4v) is 11.1. The summed E-state index contributed by atoms with van der Waals surface area (Å²) in [5, 5.41) is 16.2. The van der Waals surface area contributed by atoms with Gasteiger partial charge in [0.25, 0.3) is 0 Å². The van der Waals surface area contributed by atoms with Crippen LogP contribution in [0.15, 0.2) is 182 Å². The van der Waals surface area contributed by atoms with E-state index in [1.165, 1.54) is 120 Å². The van der Waals surface area contributed by atoms with E-state index in [1.54, 1.807) is 0 Å². The second-order valence-corrected chi connectivity index (χ2v) is 16.3. The van der Waals surface area contributed by atoms with Crippen molar-refractivity contribution < 1.29 is 0 Å². The molecule has 270 valence electrons. The van der Waals surface area contributed by atoms with Crippen molar-refractivity contribution in [2.45, 2.75) is 0 Å². The van der Waals surface area contributed by atoms with E-state index in [0.717, 1.165) is 16.7 Å². The standard InChI is InChI=1S/C55H30N4/c1-2-15-34(16-3-1)57-45-23-10-8-19-38(45)41-27-33(25-26-47(41)57)37-21-12-22-39-42-28-32-14-5-7-18-36(32)50-51-48(58(52(37)39)54(42)50)30-44-43-29-31-13-4-6-17-35(31)49-40-20-9-11-24-46(40)59(53(43)49)55(44)56-51/h1-30H. The number of para-hydroxylation sites is 4. The van der Waals surface area contributed by atoms with E-state index in [0.29, 0.717) is 0 Å². The summed E-state index contributed by atoms with van der Waals surface area (Å²) < 4.78 is 7.37. The van der Waals surface area contributed by atoms with Crippen LogP contribution in [-0.4, -0.2) is 18.4 Å². The molecule has 0 unspecified atom stereocenters. The Labute approximate surface area is 335 Å². The zero-order valence-electron chi connectivity index (χ0n) is 31.6. The third-order valence-electron chi connectivity index (χ3n) is 13.4. The molecule has 0 amide bonds. The van der Waals surface area contributed by atoms with Gasteiger partial charge in [0.1, 0.15) is 5.65 Å². The van der Waals surface area contributed by atoms with Crippen LogP contribution in [0.25, 0.3) is 137 Å². The van der Waals surface area contributed by atoms with Gasteiger partial charge in [0, 0.05) is 59.7 Å². The molecule has 0 atom stereocenters. The lowest BCUT2D eigenvalue weighted by Gasteiger charge is -2.09. The fraction of sp³-hybridized carbons (Fsp3) is 0. The molecule has 0 fully saturated rings. The molecular formula is C55H30N4. The highest BCUT2D eigenvalue weighted by Gasteiger charge is 2.27. The van der Waals surface area contributed by atoms with Gasteiger partial charge in [-0.15, -0.1) is 0 Å². The highest BCUT2D eigenvalue weighted by atomic mass is 15.0. The van der Waals surface area contributed by atoms with Crippen molar-refractivity contribution in [1.29, 1.82) is 0 Å². The summed E-state index contributed by atoms with van der Waals surface area (Å²) in [6.07, 6.45) is 0. The first-order chi connectivity index (χ1) is 29.3. The van der Waals surface area contributed by atoms with E-state index in [9.17, 15) is 0 Å². The average molecular weight is 747 g/mol. The molecule has 9 aromatic carbocycles. The Hall–Kier alpha value is -7.95. The molecule has 0 aliphatic carbocycles. The molecule has 0 aliphatic heterocycles. The number of hydrogen-bond donors (Lipinski definition) is 0. The van der Waals surface area contributed by atoms with Crippen LogP contribution < -0.4 is 0 Å². The van der Waals surface area contributed by atoms with Gasteiger partial charge in [-0.05, 0) is 81.7 Å². The Morgan fingerprint density at radius 1 is 0.339 bits per heavy atom. The van der Waals surface area contributed by atoms with Crippen molar-refractivity contribution in [1.82, 2.24) is 18.4 Å². The first kappa shape index (κ1) is 30.2. The van der Waals surface area contributed by atoms with Crippen LogP contribution in [0.1, 0.15) is 0 Å². The molecule has 15 rings (SSSR count). The van der Waals surface area contributed by atoms with Gasteiger partial charge in [-0.25, -0.2) is 4.98 Å². The van der Waals surface area contributed by atoms with Gasteiger partial charge in [-0.2, -0.15) is 0 Å². The van der Waals surface area contributed by atoms with Crippen molar-refractivity contribution in [2.24, 2.45) is 0 Å². The highest BCUT2D eigenvalue weighted by Crippen LogP contribution is 2.48. The van der Waals surface area contributed by atoms with Crippen molar-refractivity contribution in [3.05, 3.63) is 182 Å². The minimum absolute atomic E-state index is 1.01. The molecule has 6 aromatic heterocycles. The second kappa shape index (κ2) is 10.5. The van der Waals surface area contributed by atoms with Crippen molar-refractivity contribution in [3.8, 4) is 16.8 Å². The normalized spacial score (nSPS) is 12.7. The van der Waals surface area contributed by atoms with Gasteiger partial charge in [0.15, 0.2) is 0 Å². The quantitative estimate of drug-likeness (QED) is 0.173. The lowest BCUT2D eigenvalue weighted by Crippen LogP contribution is -1.93. The topological polar surface area (TPSA) is 26.6 Å². The van der Waals surface area contributed by atoms with Crippen LogP contribution in [0.3, 0.4) is 0 Å². The summed E-state index contributed by atoms with van der Waals surface area (Å²) in [6.45, 7) is 0. The van der Waals surface area contributed by atoms with Crippen LogP contribution in [0.2, 0.25) is 0 Å². The van der Waals surface area contributed by atoms with Gasteiger partial charge in [-0.3, -0.25) is 4.40 Å². The molecular weight excluding hydrogens is 717 g/mol. The van der Waals surface area contributed by atoms with E-state index in [1.807, 2.05) is 0 Å². The molecule has 59 heavy (non-hydrogen) atoms. The van der Waals surface area contributed by atoms with Crippen LogP contribution >= 0.6 is 0 Å². The Morgan fingerprint density at radius 2 is 0.966 bits per heavy atom. The van der Waals surface area contributed by atoms with Crippen LogP contribution in [-0.2, 0) is 0 Å². The number of pyridine rings is 1. The summed E-state index contributed by atoms with van der Waals surface area (Å²) in [6, 6.07) is 67.2. The maximum absolute atomic E-state index is 5.80. The maximum Gasteiger partial charge on any atom is 0.146 e. The Balaban J connectivity index is 1.12. The van der Waals surface area contributed by atoms with Gasteiger partial charge < -0.3 is 8.97 Å². The Bertz CT molecular complexity index is 4300. The summed E-state index contributed by atoms with van der Waals surface area (Å²) >= 11 is 0. The Morgan fingerprint density at radius 3 is 1.78 bits per heavy atom. The summed E-state index contributed by atoms with van der Waals surface area (Å²) in [5.41, 5.74) is 14.1. The molecule has 6 heterocycles. The lowest BCUT2D eigenvalue weighted by molar-refractivity contribution is 1.18. The van der Waals surface area contributed by atoms with E-state index in [4.69, 9.17) is 4.98 Å². The molecule has 0 bridgehead atoms. The number of nitrogens with zero attached hydrogens (tertiary/aromatic N) is 4. The maximum atomic E-state index is 5.80. The first-order valence-electron chi connectivity index (χ1n) is 20.4. The number of aromatic nitrogens is 4. The van der Waals surface area contributed by atoms with E-state index >= 15 is 0 Å². The average Bonchev–Trinajstić information content (AvgIpc) is 4.08. The number of fused-ring (bicyclic) bond motifs is 19. The van der Waals surface area contributed by atoms with Crippen molar-refractivity contribution >= 4 is 120 Å². The van der Waals surface area contributed by atoms with Crippen LogP contribution in [0, 0.1) is 0 Å². The minimum Gasteiger partial charge on any atom is -0.309 e. The molecule has 0 spiro atoms. The molecule has 4 heteroatoms. The fourth-order valence-electron chi connectivity index (χ4n) is 11.1. The summed E-state index contributed by atoms with van der Waals surface area (Å²) in [4.78, 5) is 5.80. The molecule has 0 saturated carbocycles. The second-order valence-electron chi connectivity index (χ2n) is 16.3. The van der Waals surface area contributed by atoms with E-state index < -0.39 is 0 Å². The van der Waals surface area contributed by atoms with Gasteiger partial charge in [0.2, 0.25) is 0 Å². The molecule has 0 N–H and O–H groups in total. The van der Waals surface area contributed by atoms with Crippen molar-refractivity contribution in [2.75, 3.05) is 0 Å². The smallest absolute Gasteiger partial charge is 0.146 e. The molecule has 4 nitrogen and oxygen atoms in total. The Kier molecular flexibility index (Phi) is 5.38. The zero-order chi connectivity index (χ0) is 38.1. The van der Waals surface area contributed by atoms with Gasteiger partial charge in [0.05, 0.1) is 44.1 Å². The summed E-state index contributed by atoms with van der Waals surface area (Å²) in [7, 11) is 0. The molecule has 15 aromatic rings. The van der Waals surface area contributed by atoms with Gasteiger partial charge in [-0.1, -0.05) is 127 Å². The number of rotatable bonds is 2.